The Morgan fingerprint density at radius 1 is 0.824 bits per heavy atom. The molecule has 0 aromatic heterocycles. The summed E-state index contributed by atoms with van der Waals surface area (Å²) in [4.78, 5) is 22.4. The summed E-state index contributed by atoms with van der Waals surface area (Å²) in [5, 5.41) is 0. The lowest BCUT2D eigenvalue weighted by atomic mass is 10.5. The molecule has 0 radical (unpaired) electrons. The highest BCUT2D eigenvalue weighted by molar-refractivity contribution is 9.14. The Bertz CT molecular complexity index is 427. The van der Waals surface area contributed by atoms with Crippen molar-refractivity contribution in [1.29, 1.82) is 0 Å². The van der Waals surface area contributed by atoms with Crippen molar-refractivity contribution in [2.24, 2.45) is 0 Å². The van der Waals surface area contributed by atoms with Gasteiger partial charge >= 0.3 is 11.9 Å². The number of carbonyl (C=O) groups excluding carboxylic acids is 2. The van der Waals surface area contributed by atoms with E-state index in [0.717, 1.165) is 0 Å². The summed E-state index contributed by atoms with van der Waals surface area (Å²) in [6.07, 6.45) is -1.89. The van der Waals surface area contributed by atoms with Crippen LogP contribution in [0, 0.1) is 0 Å². The predicted molar refractivity (Wildman–Crippen MR) is 70.6 cm³/mol. The maximum atomic E-state index is 11.2. The molecule has 2 unspecified atom stereocenters. The maximum Gasteiger partial charge on any atom is 0.348 e. The van der Waals surface area contributed by atoms with Crippen molar-refractivity contribution in [3.63, 3.8) is 0 Å². The van der Waals surface area contributed by atoms with E-state index < -0.39 is 24.5 Å². The third-order valence-corrected chi connectivity index (χ3v) is 5.97. The first-order valence-electron chi connectivity index (χ1n) is 4.09. The summed E-state index contributed by atoms with van der Waals surface area (Å²) in [6, 6.07) is 0. The number of ether oxygens (including phenoxy) is 3. The van der Waals surface area contributed by atoms with Gasteiger partial charge in [0.1, 0.15) is 8.96 Å². The van der Waals surface area contributed by atoms with Gasteiger partial charge in [-0.15, -0.1) is 0 Å². The fraction of sp³-hybridized carbons (Fsp3) is 0.250. The lowest BCUT2D eigenvalue weighted by Gasteiger charge is -2.16. The lowest BCUT2D eigenvalue weighted by molar-refractivity contribution is -0.200. The standard InChI is InChI=1S/C8H2Br4O5/c9-1-3(11)7(15-5(1)13)17-8-4(12)2(10)6(14)16-8/h7-8H. The number of cyclic esters (lactones) is 2. The minimum atomic E-state index is -0.944. The molecule has 0 saturated heterocycles. The first-order chi connectivity index (χ1) is 7.91. The Morgan fingerprint density at radius 2 is 1.18 bits per heavy atom. The summed E-state index contributed by atoms with van der Waals surface area (Å²) in [5.41, 5.74) is 0. The zero-order valence-electron chi connectivity index (χ0n) is 7.71. The first kappa shape index (κ1) is 13.7. The molecule has 0 saturated carbocycles. The molecule has 0 N–H and O–H groups in total. The van der Waals surface area contributed by atoms with Crippen LogP contribution in [0.5, 0.6) is 0 Å². The van der Waals surface area contributed by atoms with Gasteiger partial charge in [0.2, 0.25) is 12.6 Å². The molecule has 5 nitrogen and oxygen atoms in total. The van der Waals surface area contributed by atoms with Crippen LogP contribution in [0.2, 0.25) is 0 Å². The van der Waals surface area contributed by atoms with Gasteiger partial charge < -0.3 is 9.47 Å². The van der Waals surface area contributed by atoms with Gasteiger partial charge in [0.25, 0.3) is 0 Å². The molecule has 0 amide bonds. The molecule has 2 rings (SSSR count). The number of esters is 2. The van der Waals surface area contributed by atoms with Crippen molar-refractivity contribution < 1.29 is 23.8 Å². The highest BCUT2D eigenvalue weighted by Crippen LogP contribution is 2.37. The normalized spacial score (nSPS) is 28.9. The van der Waals surface area contributed by atoms with Crippen LogP contribution in [-0.2, 0) is 23.8 Å². The van der Waals surface area contributed by atoms with Gasteiger partial charge in [-0.2, -0.15) is 0 Å². The van der Waals surface area contributed by atoms with Gasteiger partial charge in [-0.3, -0.25) is 4.74 Å². The molecule has 17 heavy (non-hydrogen) atoms. The second kappa shape index (κ2) is 5.12. The number of rotatable bonds is 2. The molecular formula is C8H2Br4O5. The van der Waals surface area contributed by atoms with Crippen LogP contribution in [0.15, 0.2) is 17.9 Å². The van der Waals surface area contributed by atoms with Crippen LogP contribution in [0.3, 0.4) is 0 Å². The van der Waals surface area contributed by atoms with Crippen LogP contribution in [-0.4, -0.2) is 24.5 Å². The van der Waals surface area contributed by atoms with E-state index in [1.807, 2.05) is 0 Å². The van der Waals surface area contributed by atoms with E-state index in [4.69, 9.17) is 14.2 Å². The largest absolute Gasteiger partial charge is 0.426 e. The quantitative estimate of drug-likeness (QED) is 0.549. The Hall–Kier alpha value is 0.300. The maximum absolute atomic E-state index is 11.2. The summed E-state index contributed by atoms with van der Waals surface area (Å²) in [7, 11) is 0. The minimum absolute atomic E-state index is 0.242. The summed E-state index contributed by atoms with van der Waals surface area (Å²) < 4.78 is 16.4. The van der Waals surface area contributed by atoms with E-state index in [-0.39, 0.29) is 8.96 Å². The second-order valence-corrected chi connectivity index (χ2v) is 6.23. The van der Waals surface area contributed by atoms with Crippen molar-refractivity contribution in [1.82, 2.24) is 0 Å². The van der Waals surface area contributed by atoms with Crippen LogP contribution >= 0.6 is 63.7 Å². The smallest absolute Gasteiger partial charge is 0.348 e. The highest BCUT2D eigenvalue weighted by atomic mass is 79.9. The molecule has 0 fully saturated rings. The zero-order valence-corrected chi connectivity index (χ0v) is 14.1. The van der Waals surface area contributed by atoms with E-state index in [1.54, 1.807) is 0 Å². The SMILES string of the molecule is O=C1OC(OC2OC(=O)C(Br)=C2Br)C(Br)=C1Br. The van der Waals surface area contributed by atoms with Crippen molar-refractivity contribution in [3.8, 4) is 0 Å². The van der Waals surface area contributed by atoms with Gasteiger partial charge in [-0.05, 0) is 63.7 Å². The molecule has 0 spiro atoms. The number of carbonyl (C=O) groups is 2. The average Bonchev–Trinajstić information content (AvgIpc) is 2.66. The first-order valence-corrected chi connectivity index (χ1v) is 7.26. The van der Waals surface area contributed by atoms with Crippen molar-refractivity contribution in [3.05, 3.63) is 17.9 Å². The van der Waals surface area contributed by atoms with E-state index >= 15 is 0 Å². The molecule has 0 aromatic carbocycles. The van der Waals surface area contributed by atoms with Crippen LogP contribution in [0.4, 0.5) is 0 Å². The zero-order chi connectivity index (χ0) is 12.7. The molecule has 0 bridgehead atoms. The molecule has 92 valence electrons. The van der Waals surface area contributed by atoms with E-state index in [0.29, 0.717) is 8.96 Å². The molecule has 0 aliphatic carbocycles. The van der Waals surface area contributed by atoms with Crippen molar-refractivity contribution >= 4 is 75.7 Å². The predicted octanol–water partition coefficient (Wildman–Crippen LogP) is 2.77. The van der Waals surface area contributed by atoms with Gasteiger partial charge in [-0.25, -0.2) is 9.59 Å². The molecule has 0 aromatic rings. The van der Waals surface area contributed by atoms with E-state index in [2.05, 4.69) is 63.7 Å². The monoisotopic (exact) mass is 494 g/mol. The van der Waals surface area contributed by atoms with Crippen molar-refractivity contribution in [2.45, 2.75) is 12.6 Å². The highest BCUT2D eigenvalue weighted by Gasteiger charge is 2.39. The van der Waals surface area contributed by atoms with Crippen molar-refractivity contribution in [2.75, 3.05) is 0 Å². The Morgan fingerprint density at radius 3 is 1.41 bits per heavy atom. The number of hydrogen-bond acceptors (Lipinski definition) is 5. The van der Waals surface area contributed by atoms with Crippen LogP contribution < -0.4 is 0 Å². The van der Waals surface area contributed by atoms with Gasteiger partial charge in [0.15, 0.2) is 0 Å². The summed E-state index contributed by atoms with van der Waals surface area (Å²) in [6.45, 7) is 0. The Labute approximate surface area is 129 Å². The minimum Gasteiger partial charge on any atom is -0.426 e. The van der Waals surface area contributed by atoms with Gasteiger partial charge in [0.05, 0.1) is 8.96 Å². The van der Waals surface area contributed by atoms with Crippen LogP contribution in [0.25, 0.3) is 0 Å². The molecule has 2 aliphatic rings. The Balaban J connectivity index is 2.11. The third-order valence-electron chi connectivity index (χ3n) is 1.87. The van der Waals surface area contributed by atoms with E-state index in [1.165, 1.54) is 0 Å². The lowest BCUT2D eigenvalue weighted by Crippen LogP contribution is -2.24. The fourth-order valence-electron chi connectivity index (χ4n) is 1.09. The third kappa shape index (κ3) is 2.53. The fourth-order valence-corrected chi connectivity index (χ4v) is 2.38. The summed E-state index contributed by atoms with van der Waals surface area (Å²) >= 11 is 12.4. The molecular weight excluding hydrogens is 496 g/mol. The topological polar surface area (TPSA) is 61.8 Å². The molecule has 2 atom stereocenters. The van der Waals surface area contributed by atoms with Gasteiger partial charge in [-0.1, -0.05) is 0 Å². The van der Waals surface area contributed by atoms with Gasteiger partial charge in [0, 0.05) is 0 Å². The second-order valence-electron chi connectivity index (χ2n) is 2.93. The van der Waals surface area contributed by atoms with E-state index in [9.17, 15) is 9.59 Å². The molecule has 9 heteroatoms. The molecule has 2 heterocycles. The Kier molecular flexibility index (Phi) is 4.13. The number of hydrogen-bond donors (Lipinski definition) is 0. The van der Waals surface area contributed by atoms with Crippen LogP contribution in [0.1, 0.15) is 0 Å². The summed E-state index contributed by atoms with van der Waals surface area (Å²) in [5.74, 6) is -1.10. The number of halogens is 4. The molecule has 2 aliphatic heterocycles. The average molecular weight is 498 g/mol.